The first-order valence-corrected chi connectivity index (χ1v) is 5.98. The summed E-state index contributed by atoms with van der Waals surface area (Å²) < 4.78 is 37.6. The molecule has 1 amide bonds. The Bertz CT molecular complexity index is 574. The molecule has 1 aromatic rings. The van der Waals surface area contributed by atoms with E-state index in [9.17, 15) is 22.8 Å². The number of anilines is 1. The van der Waals surface area contributed by atoms with Crippen LogP contribution in [0.15, 0.2) is 18.2 Å². The van der Waals surface area contributed by atoms with Gasteiger partial charge >= 0.3 is 12.1 Å². The third-order valence-corrected chi connectivity index (χ3v) is 3.33. The Morgan fingerprint density at radius 2 is 1.95 bits per heavy atom. The highest BCUT2D eigenvalue weighted by Gasteiger charge is 2.48. The lowest BCUT2D eigenvalue weighted by Crippen LogP contribution is -2.17. The van der Waals surface area contributed by atoms with Gasteiger partial charge in [-0.05, 0) is 24.6 Å². The van der Waals surface area contributed by atoms with Crippen molar-refractivity contribution in [2.24, 2.45) is 11.8 Å². The van der Waals surface area contributed by atoms with Crippen molar-refractivity contribution >= 4 is 29.2 Å². The van der Waals surface area contributed by atoms with Gasteiger partial charge in [-0.1, -0.05) is 11.6 Å². The summed E-state index contributed by atoms with van der Waals surface area (Å²) in [6.07, 6.45) is -4.37. The molecular formula is C12H9ClF3NO3. The zero-order valence-electron chi connectivity index (χ0n) is 9.87. The van der Waals surface area contributed by atoms with Crippen LogP contribution in [0.3, 0.4) is 0 Å². The molecule has 0 saturated heterocycles. The van der Waals surface area contributed by atoms with Gasteiger partial charge in [-0.3, -0.25) is 9.59 Å². The molecule has 8 heteroatoms. The summed E-state index contributed by atoms with van der Waals surface area (Å²) in [6.45, 7) is 0. The predicted molar refractivity (Wildman–Crippen MR) is 64.3 cm³/mol. The molecule has 2 rings (SSSR count). The number of rotatable bonds is 3. The zero-order chi connectivity index (χ0) is 15.1. The van der Waals surface area contributed by atoms with E-state index < -0.39 is 35.5 Å². The Morgan fingerprint density at radius 3 is 2.45 bits per heavy atom. The summed E-state index contributed by atoms with van der Waals surface area (Å²) in [6, 6.07) is 2.55. The first kappa shape index (κ1) is 14.6. The van der Waals surface area contributed by atoms with Crippen molar-refractivity contribution in [2.75, 3.05) is 5.32 Å². The Hall–Kier alpha value is -1.76. The van der Waals surface area contributed by atoms with Gasteiger partial charge in [-0.15, -0.1) is 0 Å². The molecule has 4 nitrogen and oxygen atoms in total. The summed E-state index contributed by atoms with van der Waals surface area (Å²) in [5.41, 5.74) is -1.12. The minimum Gasteiger partial charge on any atom is -0.481 e. The molecular weight excluding hydrogens is 299 g/mol. The van der Waals surface area contributed by atoms with Gasteiger partial charge < -0.3 is 10.4 Å². The fraction of sp³-hybridized carbons (Fsp3) is 0.333. The number of halogens is 4. The lowest BCUT2D eigenvalue weighted by Gasteiger charge is -2.11. The second-order valence-corrected chi connectivity index (χ2v) is 4.88. The molecule has 108 valence electrons. The van der Waals surface area contributed by atoms with E-state index in [4.69, 9.17) is 16.7 Å². The molecule has 0 bridgehead atoms. The highest BCUT2D eigenvalue weighted by Crippen LogP contribution is 2.40. The summed E-state index contributed by atoms with van der Waals surface area (Å²) in [4.78, 5) is 22.3. The Labute approximate surface area is 116 Å². The topological polar surface area (TPSA) is 66.4 Å². The van der Waals surface area contributed by atoms with Crippen molar-refractivity contribution in [3.05, 3.63) is 28.8 Å². The van der Waals surface area contributed by atoms with Crippen LogP contribution in [0.2, 0.25) is 5.02 Å². The van der Waals surface area contributed by atoms with Crippen LogP contribution in [0.25, 0.3) is 0 Å². The highest BCUT2D eigenvalue weighted by atomic mass is 35.5. The van der Waals surface area contributed by atoms with Gasteiger partial charge in [0.25, 0.3) is 0 Å². The SMILES string of the molecule is O=C(O)C1CC1C(=O)Nc1cc(C(F)(F)F)ccc1Cl. The second-order valence-electron chi connectivity index (χ2n) is 4.47. The summed E-state index contributed by atoms with van der Waals surface area (Å²) in [5, 5.41) is 10.9. The number of hydrogen-bond acceptors (Lipinski definition) is 2. The summed E-state index contributed by atoms with van der Waals surface area (Å²) in [7, 11) is 0. The standard InChI is InChI=1S/C12H9ClF3NO3/c13-8-2-1-5(12(14,15)16)3-9(8)17-10(18)6-4-7(6)11(19)20/h1-3,6-7H,4H2,(H,17,18)(H,19,20). The highest BCUT2D eigenvalue weighted by molar-refractivity contribution is 6.33. The monoisotopic (exact) mass is 307 g/mol. The third-order valence-electron chi connectivity index (χ3n) is 3.00. The number of aliphatic carboxylic acids is 1. The van der Waals surface area contributed by atoms with E-state index in [0.29, 0.717) is 0 Å². The Kier molecular flexibility index (Phi) is 3.64. The van der Waals surface area contributed by atoms with Crippen LogP contribution in [-0.4, -0.2) is 17.0 Å². The van der Waals surface area contributed by atoms with E-state index >= 15 is 0 Å². The summed E-state index contributed by atoms with van der Waals surface area (Å²) in [5.74, 6) is -3.24. The van der Waals surface area contributed by atoms with Crippen molar-refractivity contribution in [1.82, 2.24) is 0 Å². The molecule has 1 aromatic carbocycles. The van der Waals surface area contributed by atoms with Crippen molar-refractivity contribution < 1.29 is 27.9 Å². The van der Waals surface area contributed by atoms with Crippen LogP contribution in [0.5, 0.6) is 0 Å². The fourth-order valence-electron chi connectivity index (χ4n) is 1.78. The largest absolute Gasteiger partial charge is 0.481 e. The molecule has 2 atom stereocenters. The second kappa shape index (κ2) is 4.97. The van der Waals surface area contributed by atoms with Crippen LogP contribution in [-0.2, 0) is 15.8 Å². The molecule has 1 aliphatic rings. The number of amides is 1. The number of alkyl halides is 3. The number of benzene rings is 1. The van der Waals surface area contributed by atoms with E-state index in [1.165, 1.54) is 0 Å². The minimum atomic E-state index is -4.55. The van der Waals surface area contributed by atoms with Gasteiger partial charge in [0.15, 0.2) is 0 Å². The van der Waals surface area contributed by atoms with E-state index in [0.717, 1.165) is 18.2 Å². The van der Waals surface area contributed by atoms with Crippen molar-refractivity contribution in [3.63, 3.8) is 0 Å². The van der Waals surface area contributed by atoms with Gasteiger partial charge in [0.05, 0.1) is 28.1 Å². The number of carbonyl (C=O) groups excluding carboxylic acids is 1. The number of nitrogens with one attached hydrogen (secondary N) is 1. The molecule has 2 unspecified atom stereocenters. The lowest BCUT2D eigenvalue weighted by atomic mass is 10.2. The van der Waals surface area contributed by atoms with Crippen molar-refractivity contribution in [3.8, 4) is 0 Å². The molecule has 0 radical (unpaired) electrons. The number of carboxylic acids is 1. The van der Waals surface area contributed by atoms with E-state index in [2.05, 4.69) is 5.32 Å². The number of carboxylic acid groups (broad SMARTS) is 1. The normalized spacial score (nSPS) is 21.4. The predicted octanol–water partition coefficient (Wildman–Crippen LogP) is 3.02. The van der Waals surface area contributed by atoms with Gasteiger partial charge in [0, 0.05) is 0 Å². The van der Waals surface area contributed by atoms with Gasteiger partial charge in [0.1, 0.15) is 0 Å². The van der Waals surface area contributed by atoms with Crippen molar-refractivity contribution in [1.29, 1.82) is 0 Å². The summed E-state index contributed by atoms with van der Waals surface area (Å²) >= 11 is 5.72. The Balaban J connectivity index is 2.14. The van der Waals surface area contributed by atoms with Crippen molar-refractivity contribution in [2.45, 2.75) is 12.6 Å². The average Bonchev–Trinajstić information content (AvgIpc) is 3.10. The van der Waals surface area contributed by atoms with Crippen LogP contribution < -0.4 is 5.32 Å². The quantitative estimate of drug-likeness (QED) is 0.902. The molecule has 0 spiro atoms. The first-order chi connectivity index (χ1) is 9.20. The van der Waals surface area contributed by atoms with Crippen LogP contribution in [0.1, 0.15) is 12.0 Å². The number of hydrogen-bond donors (Lipinski definition) is 2. The van der Waals surface area contributed by atoms with Crippen LogP contribution in [0, 0.1) is 11.8 Å². The molecule has 2 N–H and O–H groups in total. The fourth-order valence-corrected chi connectivity index (χ4v) is 1.95. The minimum absolute atomic E-state index is 0.0427. The maximum atomic E-state index is 12.5. The third kappa shape index (κ3) is 3.04. The maximum absolute atomic E-state index is 12.5. The molecule has 1 saturated carbocycles. The van der Waals surface area contributed by atoms with Crippen LogP contribution in [0.4, 0.5) is 18.9 Å². The smallest absolute Gasteiger partial charge is 0.416 e. The van der Waals surface area contributed by atoms with Gasteiger partial charge in [0.2, 0.25) is 5.91 Å². The maximum Gasteiger partial charge on any atom is 0.416 e. The van der Waals surface area contributed by atoms with Crippen LogP contribution >= 0.6 is 11.6 Å². The van der Waals surface area contributed by atoms with E-state index in [-0.39, 0.29) is 17.1 Å². The average molecular weight is 308 g/mol. The lowest BCUT2D eigenvalue weighted by molar-refractivity contribution is -0.139. The Morgan fingerprint density at radius 1 is 1.30 bits per heavy atom. The molecule has 0 aromatic heterocycles. The van der Waals surface area contributed by atoms with Gasteiger partial charge in [-0.25, -0.2) is 0 Å². The molecule has 1 aliphatic carbocycles. The zero-order valence-corrected chi connectivity index (χ0v) is 10.6. The first-order valence-electron chi connectivity index (χ1n) is 5.60. The molecule has 0 aliphatic heterocycles. The van der Waals surface area contributed by atoms with E-state index in [1.54, 1.807) is 0 Å². The molecule has 20 heavy (non-hydrogen) atoms. The number of carbonyl (C=O) groups is 2. The molecule has 1 fully saturated rings. The van der Waals surface area contributed by atoms with Gasteiger partial charge in [-0.2, -0.15) is 13.2 Å². The molecule has 0 heterocycles. The van der Waals surface area contributed by atoms with E-state index in [1.807, 2.05) is 0 Å².